The third-order valence-corrected chi connectivity index (χ3v) is 2.35. The smallest absolute Gasteiger partial charge is 0.345 e. The van der Waals surface area contributed by atoms with Gasteiger partial charge >= 0.3 is 13.9 Å². The van der Waals surface area contributed by atoms with Crippen LogP contribution in [0.15, 0.2) is 24.3 Å². The van der Waals surface area contributed by atoms with Gasteiger partial charge in [-0.15, -0.1) is 0 Å². The summed E-state index contributed by atoms with van der Waals surface area (Å²) in [6, 6.07) is 6.13. The van der Waals surface area contributed by atoms with Crippen molar-refractivity contribution >= 4 is 19.6 Å². The zero-order valence-corrected chi connectivity index (χ0v) is 7.66. The van der Waals surface area contributed by atoms with E-state index in [1.807, 2.05) is 0 Å². The molecule has 0 heterocycles. The maximum absolute atomic E-state index is 10.4. The summed E-state index contributed by atoms with van der Waals surface area (Å²) >= 11 is 5.58. The van der Waals surface area contributed by atoms with Crippen LogP contribution < -0.4 is 0 Å². The van der Waals surface area contributed by atoms with E-state index in [-0.39, 0.29) is 0 Å². The molecule has 0 saturated heterocycles. The monoisotopic (exact) mass is 205 g/mol. The molecule has 0 aliphatic carbocycles. The van der Waals surface area contributed by atoms with Crippen LogP contribution in [0.4, 0.5) is 0 Å². The summed E-state index contributed by atoms with van der Waals surface area (Å²) in [4.78, 5) is 8.57. The maximum Gasteiger partial charge on any atom is 0.542 e. The van der Waals surface area contributed by atoms with Gasteiger partial charge in [0.15, 0.2) is 0 Å². The van der Waals surface area contributed by atoms with Crippen molar-refractivity contribution in [2.75, 3.05) is 0 Å². The van der Waals surface area contributed by atoms with Crippen LogP contribution in [0.1, 0.15) is 11.4 Å². The number of rotatable bonds is 2. The zero-order valence-electron chi connectivity index (χ0n) is 6.01. The van der Waals surface area contributed by atoms with Gasteiger partial charge in [0, 0.05) is 10.6 Å². The highest BCUT2D eigenvalue weighted by Gasteiger charge is 2.27. The Hall–Kier alpha value is -0.470. The first-order chi connectivity index (χ1) is 5.61. The molecule has 0 aromatic heterocycles. The molecule has 2 atom stereocenters. The SMILES string of the molecule is O=[P+](O)C(O)c1ccc(Cl)cc1. The molecule has 0 spiro atoms. The lowest BCUT2D eigenvalue weighted by molar-refractivity contribution is 0.243. The molecule has 1 aromatic rings. The highest BCUT2D eigenvalue weighted by molar-refractivity contribution is 7.38. The van der Waals surface area contributed by atoms with Gasteiger partial charge in [-0.25, -0.2) is 0 Å². The number of halogens is 1. The van der Waals surface area contributed by atoms with E-state index in [1.54, 1.807) is 12.1 Å². The minimum Gasteiger partial charge on any atom is -0.345 e. The highest BCUT2D eigenvalue weighted by atomic mass is 35.5. The first-order valence-corrected chi connectivity index (χ1v) is 4.86. The van der Waals surface area contributed by atoms with E-state index in [1.165, 1.54) is 12.1 Å². The minimum absolute atomic E-state index is 0.392. The van der Waals surface area contributed by atoms with E-state index < -0.39 is 13.9 Å². The van der Waals surface area contributed by atoms with Gasteiger partial charge < -0.3 is 5.11 Å². The lowest BCUT2D eigenvalue weighted by Gasteiger charge is -1.96. The fourth-order valence-corrected chi connectivity index (χ4v) is 1.32. The zero-order chi connectivity index (χ0) is 9.14. The third-order valence-electron chi connectivity index (χ3n) is 1.38. The Kier molecular flexibility index (Phi) is 3.18. The molecule has 0 aliphatic heterocycles. The summed E-state index contributed by atoms with van der Waals surface area (Å²) in [6.07, 6.45) is 0. The fourth-order valence-electron chi connectivity index (χ4n) is 0.762. The quantitative estimate of drug-likeness (QED) is 0.727. The van der Waals surface area contributed by atoms with Crippen molar-refractivity contribution in [1.29, 1.82) is 0 Å². The summed E-state index contributed by atoms with van der Waals surface area (Å²) in [5.41, 5.74) is 0.392. The summed E-state index contributed by atoms with van der Waals surface area (Å²) in [5, 5.41) is 9.64. The molecule has 1 aromatic carbocycles. The Labute approximate surface area is 75.5 Å². The van der Waals surface area contributed by atoms with Crippen molar-refractivity contribution in [3.63, 3.8) is 0 Å². The number of aliphatic hydroxyl groups excluding tert-OH is 1. The molecule has 0 aliphatic rings. The van der Waals surface area contributed by atoms with Crippen LogP contribution in [-0.4, -0.2) is 10.00 Å². The second-order valence-electron chi connectivity index (χ2n) is 2.23. The molecule has 1 rings (SSSR count). The molecule has 2 N–H and O–H groups in total. The topological polar surface area (TPSA) is 57.5 Å². The predicted molar refractivity (Wildman–Crippen MR) is 46.2 cm³/mol. The molecule has 0 fully saturated rings. The molecule has 0 bridgehead atoms. The van der Waals surface area contributed by atoms with Gasteiger partial charge in [-0.05, 0) is 16.7 Å². The summed E-state index contributed by atoms with van der Waals surface area (Å²) in [5.74, 6) is -1.32. The molecule has 3 nitrogen and oxygen atoms in total. The Morgan fingerprint density at radius 1 is 1.33 bits per heavy atom. The Bertz CT molecular complexity index is 285. The summed E-state index contributed by atoms with van der Waals surface area (Å²) in [6.45, 7) is 0. The lowest BCUT2D eigenvalue weighted by Crippen LogP contribution is -1.90. The predicted octanol–water partition coefficient (Wildman–Crippen LogP) is 2.07. The van der Waals surface area contributed by atoms with E-state index >= 15 is 0 Å². The van der Waals surface area contributed by atoms with Crippen LogP contribution in [0.3, 0.4) is 0 Å². The molecule has 0 amide bonds. The fraction of sp³-hybridized carbons (Fsp3) is 0.143. The van der Waals surface area contributed by atoms with Gasteiger partial charge in [0.1, 0.15) is 0 Å². The van der Waals surface area contributed by atoms with E-state index in [0.29, 0.717) is 10.6 Å². The first-order valence-electron chi connectivity index (χ1n) is 3.20. The Morgan fingerprint density at radius 2 is 1.83 bits per heavy atom. The van der Waals surface area contributed by atoms with Crippen LogP contribution in [0.25, 0.3) is 0 Å². The average molecular weight is 206 g/mol. The van der Waals surface area contributed by atoms with Crippen LogP contribution in [-0.2, 0) is 4.57 Å². The van der Waals surface area contributed by atoms with E-state index in [0.717, 1.165) is 0 Å². The van der Waals surface area contributed by atoms with Gasteiger partial charge in [-0.3, -0.25) is 0 Å². The normalized spacial score (nSPS) is 14.1. The second kappa shape index (κ2) is 3.97. The van der Waals surface area contributed by atoms with E-state index in [9.17, 15) is 4.57 Å². The van der Waals surface area contributed by atoms with Crippen molar-refractivity contribution in [2.45, 2.75) is 5.85 Å². The number of benzene rings is 1. The molecular formula is C7H7ClO3P+. The second-order valence-corrected chi connectivity index (χ2v) is 3.76. The summed E-state index contributed by atoms with van der Waals surface area (Å²) < 4.78 is 10.4. The molecule has 0 radical (unpaired) electrons. The van der Waals surface area contributed by atoms with Crippen LogP contribution >= 0.6 is 19.6 Å². The third kappa shape index (κ3) is 2.26. The minimum atomic E-state index is -2.59. The molecule has 0 saturated carbocycles. The Morgan fingerprint density at radius 3 is 2.25 bits per heavy atom. The highest BCUT2D eigenvalue weighted by Crippen LogP contribution is 2.34. The molecular weight excluding hydrogens is 199 g/mol. The van der Waals surface area contributed by atoms with Crippen molar-refractivity contribution < 1.29 is 14.6 Å². The van der Waals surface area contributed by atoms with Gasteiger partial charge in [0.2, 0.25) is 0 Å². The first kappa shape index (κ1) is 9.62. The maximum atomic E-state index is 10.4. The number of aliphatic hydroxyl groups is 1. The van der Waals surface area contributed by atoms with Gasteiger partial charge in [0.05, 0.1) is 0 Å². The van der Waals surface area contributed by atoms with E-state index in [4.69, 9.17) is 21.6 Å². The number of hydrogen-bond donors (Lipinski definition) is 2. The van der Waals surface area contributed by atoms with Gasteiger partial charge in [-0.2, -0.15) is 4.89 Å². The van der Waals surface area contributed by atoms with E-state index in [2.05, 4.69) is 0 Å². The molecule has 2 unspecified atom stereocenters. The van der Waals surface area contributed by atoms with Crippen molar-refractivity contribution in [2.24, 2.45) is 0 Å². The van der Waals surface area contributed by atoms with Gasteiger partial charge in [-0.1, -0.05) is 23.7 Å². The summed E-state index contributed by atoms with van der Waals surface area (Å²) in [7, 11) is -2.59. The largest absolute Gasteiger partial charge is 0.542 e. The standard InChI is InChI=1S/C7H6ClO3P/c8-6-3-1-5(2-4-6)7(9)12(10)11/h1-4,7,9H/p+1. The van der Waals surface area contributed by atoms with Crippen LogP contribution in [0.5, 0.6) is 0 Å². The van der Waals surface area contributed by atoms with Crippen molar-refractivity contribution in [3.05, 3.63) is 34.9 Å². The van der Waals surface area contributed by atoms with Crippen LogP contribution in [0.2, 0.25) is 5.02 Å². The molecule has 12 heavy (non-hydrogen) atoms. The van der Waals surface area contributed by atoms with Gasteiger partial charge in [0.25, 0.3) is 0 Å². The lowest BCUT2D eigenvalue weighted by atomic mass is 10.2. The Balaban J connectivity index is 2.89. The number of hydrogen-bond acceptors (Lipinski definition) is 2. The van der Waals surface area contributed by atoms with Crippen LogP contribution in [0, 0.1) is 0 Å². The molecule has 64 valence electrons. The molecule has 5 heteroatoms. The van der Waals surface area contributed by atoms with Crippen molar-refractivity contribution in [3.8, 4) is 0 Å². The van der Waals surface area contributed by atoms with Crippen molar-refractivity contribution in [1.82, 2.24) is 0 Å². The average Bonchev–Trinajstić information content (AvgIpc) is 2.04.